The third kappa shape index (κ3) is 5.10. The number of pyridine rings is 1. The van der Waals surface area contributed by atoms with Crippen LogP contribution >= 0.6 is 11.6 Å². The van der Waals surface area contributed by atoms with Crippen LogP contribution in [0.3, 0.4) is 0 Å². The van der Waals surface area contributed by atoms with E-state index < -0.39 is 29.8 Å². The van der Waals surface area contributed by atoms with Crippen LogP contribution in [0.2, 0.25) is 5.02 Å². The van der Waals surface area contributed by atoms with E-state index in [0.29, 0.717) is 12.3 Å². The van der Waals surface area contributed by atoms with Gasteiger partial charge in [-0.25, -0.2) is 4.79 Å². The van der Waals surface area contributed by atoms with Crippen LogP contribution in [0.4, 0.5) is 18.0 Å². The van der Waals surface area contributed by atoms with Crippen LogP contribution in [0, 0.1) is 0 Å². The quantitative estimate of drug-likeness (QED) is 0.791. The molecule has 0 fully saturated rings. The van der Waals surface area contributed by atoms with Crippen molar-refractivity contribution in [2.75, 3.05) is 6.54 Å². The molecule has 116 valence electrons. The highest BCUT2D eigenvalue weighted by molar-refractivity contribution is 6.31. The lowest BCUT2D eigenvalue weighted by Gasteiger charge is -2.19. The summed E-state index contributed by atoms with van der Waals surface area (Å²) in [5.74, 6) is -0.509. The zero-order chi connectivity index (χ0) is 16.2. The van der Waals surface area contributed by atoms with Crippen molar-refractivity contribution >= 4 is 23.6 Å². The average molecular weight is 326 g/mol. The van der Waals surface area contributed by atoms with Gasteiger partial charge in [0.05, 0.1) is 22.3 Å². The van der Waals surface area contributed by atoms with Gasteiger partial charge in [0.1, 0.15) is 0 Å². The molecule has 1 unspecified atom stereocenters. The minimum absolute atomic E-state index is 0.0615. The molecule has 1 atom stereocenters. The van der Waals surface area contributed by atoms with Gasteiger partial charge >= 0.3 is 12.3 Å². The highest BCUT2D eigenvalue weighted by atomic mass is 35.5. The van der Waals surface area contributed by atoms with E-state index >= 15 is 0 Å². The van der Waals surface area contributed by atoms with E-state index in [1.54, 1.807) is 0 Å². The van der Waals surface area contributed by atoms with Gasteiger partial charge in [-0.2, -0.15) is 13.2 Å². The van der Waals surface area contributed by atoms with E-state index in [9.17, 15) is 22.8 Å². The van der Waals surface area contributed by atoms with Crippen molar-refractivity contribution in [2.45, 2.75) is 19.1 Å². The summed E-state index contributed by atoms with van der Waals surface area (Å²) >= 11 is 5.74. The van der Waals surface area contributed by atoms with Gasteiger partial charge in [0.25, 0.3) is 0 Å². The first kappa shape index (κ1) is 17.0. The molecule has 1 aromatic heterocycles. The lowest BCUT2D eigenvalue weighted by molar-refractivity contribution is -0.137. The average Bonchev–Trinajstić information content (AvgIpc) is 2.32. The summed E-state index contributed by atoms with van der Waals surface area (Å²) in [6.07, 6.45) is -5.39. The molecule has 3 N–H and O–H groups in total. The van der Waals surface area contributed by atoms with E-state index in [1.807, 2.05) is 5.32 Å². The molecule has 0 saturated carbocycles. The number of carbonyl (C=O) groups excluding carboxylic acids is 1. The lowest BCUT2D eigenvalue weighted by Crippen LogP contribution is -2.37. The summed E-state index contributed by atoms with van der Waals surface area (Å²) in [6, 6.07) is -0.312. The molecule has 0 saturated heterocycles. The Morgan fingerprint density at radius 2 is 2.10 bits per heavy atom. The Kier molecular flexibility index (Phi) is 5.36. The first-order valence-electron chi connectivity index (χ1n) is 5.57. The molecule has 6 nitrogen and oxygen atoms in total. The van der Waals surface area contributed by atoms with Crippen LogP contribution in [0.1, 0.15) is 24.2 Å². The Hall–Kier alpha value is -2.03. The summed E-state index contributed by atoms with van der Waals surface area (Å²) < 4.78 is 37.5. The summed E-state index contributed by atoms with van der Waals surface area (Å²) in [5.41, 5.74) is -1.10. The maximum absolute atomic E-state index is 12.5. The molecule has 0 spiro atoms. The summed E-state index contributed by atoms with van der Waals surface area (Å²) in [7, 11) is 0. The number of alkyl halides is 3. The predicted octanol–water partition coefficient (Wildman–Crippen LogP) is 2.20. The van der Waals surface area contributed by atoms with Gasteiger partial charge in [-0.05, 0) is 6.07 Å². The number of nitrogens with one attached hydrogen (secondary N) is 2. The van der Waals surface area contributed by atoms with E-state index in [4.69, 9.17) is 16.7 Å². The highest BCUT2D eigenvalue weighted by Crippen LogP contribution is 2.32. The second-order valence-corrected chi connectivity index (χ2v) is 4.44. The molecule has 0 aromatic carbocycles. The van der Waals surface area contributed by atoms with Crippen LogP contribution < -0.4 is 10.6 Å². The zero-order valence-corrected chi connectivity index (χ0v) is 11.4. The third-order valence-electron chi connectivity index (χ3n) is 2.36. The monoisotopic (exact) mass is 325 g/mol. The first-order valence-corrected chi connectivity index (χ1v) is 5.95. The number of carbonyl (C=O) groups is 2. The van der Waals surface area contributed by atoms with Crippen molar-refractivity contribution < 1.29 is 27.9 Å². The largest absolute Gasteiger partial charge is 0.465 e. The van der Waals surface area contributed by atoms with E-state index in [2.05, 4.69) is 10.3 Å². The molecular weight excluding hydrogens is 315 g/mol. The number of halogens is 4. The van der Waals surface area contributed by atoms with Gasteiger partial charge in [-0.3, -0.25) is 9.78 Å². The SMILES string of the molecule is CC(=O)NC(CNC(=O)O)c1ncc(C(F)(F)F)cc1Cl. The minimum atomic E-state index is -4.60. The normalized spacial score (nSPS) is 12.6. The van der Waals surface area contributed by atoms with Crippen LogP contribution in [0.25, 0.3) is 0 Å². The summed E-state index contributed by atoms with van der Waals surface area (Å²) in [5, 5.41) is 12.6. The van der Waals surface area contributed by atoms with E-state index in [0.717, 1.165) is 0 Å². The topological polar surface area (TPSA) is 91.3 Å². The molecule has 0 radical (unpaired) electrons. The number of hydrogen-bond donors (Lipinski definition) is 3. The maximum atomic E-state index is 12.5. The second-order valence-electron chi connectivity index (χ2n) is 4.03. The maximum Gasteiger partial charge on any atom is 0.417 e. The highest BCUT2D eigenvalue weighted by Gasteiger charge is 2.32. The number of hydrogen-bond acceptors (Lipinski definition) is 3. The first-order chi connectivity index (χ1) is 9.61. The smallest absolute Gasteiger partial charge is 0.417 e. The van der Waals surface area contributed by atoms with Crippen molar-refractivity contribution in [2.24, 2.45) is 0 Å². The Bertz CT molecular complexity index is 551. The van der Waals surface area contributed by atoms with Crippen molar-refractivity contribution in [3.05, 3.63) is 28.5 Å². The van der Waals surface area contributed by atoms with Crippen LogP contribution in [0.15, 0.2) is 12.3 Å². The molecule has 10 heteroatoms. The third-order valence-corrected chi connectivity index (χ3v) is 2.66. The molecule has 21 heavy (non-hydrogen) atoms. The Morgan fingerprint density at radius 1 is 1.48 bits per heavy atom. The molecule has 0 aliphatic rings. The van der Waals surface area contributed by atoms with Crippen molar-refractivity contribution in [3.8, 4) is 0 Å². The Balaban J connectivity index is 3.06. The zero-order valence-electron chi connectivity index (χ0n) is 10.7. The predicted molar refractivity (Wildman–Crippen MR) is 66.8 cm³/mol. The molecular formula is C11H11ClF3N3O3. The Labute approximate surface area is 122 Å². The van der Waals surface area contributed by atoms with Gasteiger partial charge in [0, 0.05) is 19.7 Å². The number of aromatic nitrogens is 1. The number of nitrogens with zero attached hydrogens (tertiary/aromatic N) is 1. The van der Waals surface area contributed by atoms with Gasteiger partial charge in [-0.1, -0.05) is 11.6 Å². The van der Waals surface area contributed by atoms with E-state index in [-0.39, 0.29) is 17.3 Å². The molecule has 0 bridgehead atoms. The molecule has 1 heterocycles. The Morgan fingerprint density at radius 3 is 2.52 bits per heavy atom. The van der Waals surface area contributed by atoms with Gasteiger partial charge in [-0.15, -0.1) is 0 Å². The van der Waals surface area contributed by atoms with Crippen molar-refractivity contribution in [3.63, 3.8) is 0 Å². The fourth-order valence-corrected chi connectivity index (χ4v) is 1.81. The van der Waals surface area contributed by atoms with Crippen LogP contribution in [-0.2, 0) is 11.0 Å². The van der Waals surface area contributed by atoms with Crippen LogP contribution in [-0.4, -0.2) is 28.6 Å². The summed E-state index contributed by atoms with van der Waals surface area (Å²) in [6.45, 7) is 0.888. The van der Waals surface area contributed by atoms with Crippen LogP contribution in [0.5, 0.6) is 0 Å². The fourth-order valence-electron chi connectivity index (χ4n) is 1.51. The molecule has 2 amide bonds. The van der Waals surface area contributed by atoms with Crippen molar-refractivity contribution in [1.29, 1.82) is 0 Å². The number of rotatable bonds is 4. The second kappa shape index (κ2) is 6.61. The lowest BCUT2D eigenvalue weighted by atomic mass is 10.1. The van der Waals surface area contributed by atoms with Gasteiger partial charge < -0.3 is 15.7 Å². The molecule has 0 aliphatic carbocycles. The molecule has 0 aliphatic heterocycles. The molecule has 1 rings (SSSR count). The number of amides is 2. The van der Waals surface area contributed by atoms with Crippen molar-refractivity contribution in [1.82, 2.24) is 15.6 Å². The standard InChI is InChI=1S/C11H11ClF3N3O3/c1-5(19)18-8(4-17-10(20)21)9-7(12)2-6(3-16-9)11(13,14)15/h2-3,8,17H,4H2,1H3,(H,18,19)(H,20,21). The fraction of sp³-hybridized carbons (Fsp3) is 0.364. The summed E-state index contributed by atoms with van der Waals surface area (Å²) in [4.78, 5) is 25.1. The number of carboxylic acid groups (broad SMARTS) is 1. The minimum Gasteiger partial charge on any atom is -0.465 e. The molecule has 1 aromatic rings. The van der Waals surface area contributed by atoms with Gasteiger partial charge in [0.15, 0.2) is 0 Å². The van der Waals surface area contributed by atoms with Gasteiger partial charge in [0.2, 0.25) is 5.91 Å². The van der Waals surface area contributed by atoms with E-state index in [1.165, 1.54) is 6.92 Å².